The van der Waals surface area contributed by atoms with Gasteiger partial charge in [-0.1, -0.05) is 5.16 Å². The summed E-state index contributed by atoms with van der Waals surface area (Å²) in [7, 11) is 2.08. The molecule has 0 spiro atoms. The maximum Gasteiger partial charge on any atom is 0.258 e. The van der Waals surface area contributed by atoms with E-state index in [0.29, 0.717) is 17.3 Å². The Morgan fingerprint density at radius 1 is 1.30 bits per heavy atom. The van der Waals surface area contributed by atoms with Gasteiger partial charge >= 0.3 is 0 Å². The molecule has 3 rings (SSSR count). The number of rotatable bonds is 2. The third-order valence-corrected chi connectivity index (χ3v) is 4.38. The summed E-state index contributed by atoms with van der Waals surface area (Å²) in [6.45, 7) is 1.03. The molecule has 1 saturated heterocycles. The molecule has 6 nitrogen and oxygen atoms in total. The first-order valence-corrected chi connectivity index (χ1v) is 7.57. The van der Waals surface area contributed by atoms with Crippen LogP contribution in [0, 0.1) is 0 Å². The minimum Gasteiger partial charge on any atom is -0.399 e. The van der Waals surface area contributed by atoms with Crippen LogP contribution in [0.25, 0.3) is 11.5 Å². The molecule has 2 heterocycles. The van der Waals surface area contributed by atoms with Crippen molar-refractivity contribution in [3.63, 3.8) is 0 Å². The highest BCUT2D eigenvalue weighted by Gasteiger charge is 2.26. The zero-order valence-corrected chi connectivity index (χ0v) is 12.1. The van der Waals surface area contributed by atoms with Crippen LogP contribution in [-0.2, 0) is 0 Å². The highest BCUT2D eigenvalue weighted by Crippen LogP contribution is 2.29. The van der Waals surface area contributed by atoms with E-state index < -0.39 is 0 Å². The Morgan fingerprint density at radius 2 is 2.05 bits per heavy atom. The first-order chi connectivity index (χ1) is 9.63. The van der Waals surface area contributed by atoms with Crippen molar-refractivity contribution in [3.8, 4) is 11.5 Å². The Morgan fingerprint density at radius 3 is 2.75 bits per heavy atom. The van der Waals surface area contributed by atoms with Gasteiger partial charge in [0.15, 0.2) is 5.82 Å². The fraction of sp³-hybridized carbons (Fsp3) is 0.385. The molecule has 1 aromatic heterocycles. The summed E-state index contributed by atoms with van der Waals surface area (Å²) in [6.07, 6.45) is 0. The monoisotopic (exact) mass is 291 g/mol. The Labute approximate surface area is 121 Å². The van der Waals surface area contributed by atoms with Crippen LogP contribution in [0.5, 0.6) is 0 Å². The van der Waals surface area contributed by atoms with Crippen LogP contribution in [0.1, 0.15) is 11.9 Å². The molecule has 0 radical (unpaired) electrons. The highest BCUT2D eigenvalue weighted by molar-refractivity contribution is 7.99. The third-order valence-electron chi connectivity index (χ3n) is 3.36. The molecule has 2 aromatic rings. The molecule has 1 aliphatic rings. The lowest BCUT2D eigenvalue weighted by Gasteiger charge is -2.29. The summed E-state index contributed by atoms with van der Waals surface area (Å²) in [5, 5.41) is 4.10. The average Bonchev–Trinajstić information content (AvgIpc) is 2.87. The number of nitrogen functional groups attached to an aromatic ring is 2. The lowest BCUT2D eigenvalue weighted by molar-refractivity contribution is 0.257. The second-order valence-corrected chi connectivity index (χ2v) is 6.07. The molecule has 1 atom stereocenters. The lowest BCUT2D eigenvalue weighted by Crippen LogP contribution is -2.33. The Hall–Kier alpha value is -1.73. The molecular formula is C13H17N5OS. The topological polar surface area (TPSA) is 94.2 Å². The van der Waals surface area contributed by atoms with Gasteiger partial charge in [0, 0.05) is 35.0 Å². The van der Waals surface area contributed by atoms with E-state index >= 15 is 0 Å². The fourth-order valence-corrected chi connectivity index (χ4v) is 3.46. The van der Waals surface area contributed by atoms with Crippen LogP contribution in [0.15, 0.2) is 22.7 Å². The van der Waals surface area contributed by atoms with Gasteiger partial charge in [-0.25, -0.2) is 0 Å². The van der Waals surface area contributed by atoms with Crippen LogP contribution < -0.4 is 11.5 Å². The van der Waals surface area contributed by atoms with Crippen molar-refractivity contribution < 1.29 is 4.52 Å². The number of nitrogens with zero attached hydrogens (tertiary/aromatic N) is 3. The van der Waals surface area contributed by atoms with E-state index in [1.54, 1.807) is 18.2 Å². The first-order valence-electron chi connectivity index (χ1n) is 6.41. The lowest BCUT2D eigenvalue weighted by atomic mass is 10.2. The quantitative estimate of drug-likeness (QED) is 0.812. The predicted octanol–water partition coefficient (Wildman–Crippen LogP) is 1.62. The Balaban J connectivity index is 1.89. The largest absolute Gasteiger partial charge is 0.399 e. The molecule has 1 aromatic carbocycles. The molecule has 0 amide bonds. The number of benzene rings is 1. The van der Waals surface area contributed by atoms with Gasteiger partial charge in [0.25, 0.3) is 5.89 Å². The van der Waals surface area contributed by atoms with E-state index in [0.717, 1.165) is 29.4 Å². The van der Waals surface area contributed by atoms with Crippen molar-refractivity contribution in [2.24, 2.45) is 0 Å². The SMILES string of the molecule is CN1CCSCC1c1noc(-c2cc(N)cc(N)c2)n1. The maximum absolute atomic E-state index is 5.79. The van der Waals surface area contributed by atoms with Crippen LogP contribution in [-0.4, -0.2) is 40.1 Å². The standard InChI is InChI=1S/C13H17N5OS/c1-18-2-3-20-7-11(18)12-16-13(19-17-12)8-4-9(14)6-10(15)5-8/h4-6,11H,2-3,7,14-15H2,1H3. The van der Waals surface area contributed by atoms with Crippen molar-refractivity contribution in [2.45, 2.75) is 6.04 Å². The van der Waals surface area contributed by atoms with E-state index in [2.05, 4.69) is 22.1 Å². The number of thioether (sulfide) groups is 1. The average molecular weight is 291 g/mol. The predicted molar refractivity (Wildman–Crippen MR) is 81.3 cm³/mol. The smallest absolute Gasteiger partial charge is 0.258 e. The van der Waals surface area contributed by atoms with Crippen molar-refractivity contribution in [3.05, 3.63) is 24.0 Å². The zero-order chi connectivity index (χ0) is 14.1. The van der Waals surface area contributed by atoms with Crippen LogP contribution in [0.3, 0.4) is 0 Å². The minimum atomic E-state index is 0.199. The molecule has 20 heavy (non-hydrogen) atoms. The summed E-state index contributed by atoms with van der Waals surface area (Å²) in [5.74, 6) is 3.30. The minimum absolute atomic E-state index is 0.199. The van der Waals surface area contributed by atoms with Crippen molar-refractivity contribution in [1.82, 2.24) is 15.0 Å². The van der Waals surface area contributed by atoms with Gasteiger partial charge in [-0.15, -0.1) is 0 Å². The molecule has 1 fully saturated rings. The second-order valence-electron chi connectivity index (χ2n) is 4.92. The molecule has 1 aliphatic heterocycles. The Bertz CT molecular complexity index is 594. The number of nitrogens with two attached hydrogens (primary N) is 2. The molecular weight excluding hydrogens is 274 g/mol. The van der Waals surface area contributed by atoms with Gasteiger partial charge < -0.3 is 16.0 Å². The summed E-state index contributed by atoms with van der Waals surface area (Å²) in [4.78, 5) is 6.74. The van der Waals surface area contributed by atoms with Crippen LogP contribution in [0.4, 0.5) is 11.4 Å². The van der Waals surface area contributed by atoms with Gasteiger partial charge in [-0.2, -0.15) is 16.7 Å². The van der Waals surface area contributed by atoms with Crippen molar-refractivity contribution in [1.29, 1.82) is 0 Å². The summed E-state index contributed by atoms with van der Waals surface area (Å²) in [5.41, 5.74) is 13.5. The van der Waals surface area contributed by atoms with E-state index in [1.807, 2.05) is 11.8 Å². The first kappa shape index (κ1) is 13.3. The number of aromatic nitrogens is 2. The van der Waals surface area contributed by atoms with Crippen molar-refractivity contribution >= 4 is 23.1 Å². The normalized spacial score (nSPS) is 20.1. The molecule has 4 N–H and O–H groups in total. The molecule has 0 bridgehead atoms. The molecule has 106 valence electrons. The van der Waals surface area contributed by atoms with Gasteiger partial charge in [0.05, 0.1) is 6.04 Å². The van der Waals surface area contributed by atoms with Gasteiger partial charge in [0.2, 0.25) is 0 Å². The Kier molecular flexibility index (Phi) is 3.54. The summed E-state index contributed by atoms with van der Waals surface area (Å²) < 4.78 is 5.35. The van der Waals surface area contributed by atoms with Gasteiger partial charge in [-0.3, -0.25) is 4.90 Å². The van der Waals surface area contributed by atoms with E-state index in [-0.39, 0.29) is 6.04 Å². The van der Waals surface area contributed by atoms with Crippen LogP contribution in [0.2, 0.25) is 0 Å². The van der Waals surface area contributed by atoms with Crippen LogP contribution >= 0.6 is 11.8 Å². The number of anilines is 2. The number of hydrogen-bond donors (Lipinski definition) is 2. The molecule has 7 heteroatoms. The number of hydrogen-bond acceptors (Lipinski definition) is 7. The zero-order valence-electron chi connectivity index (χ0n) is 11.2. The second kappa shape index (κ2) is 5.34. The fourth-order valence-electron chi connectivity index (χ4n) is 2.25. The summed E-state index contributed by atoms with van der Waals surface area (Å²) >= 11 is 1.91. The van der Waals surface area contributed by atoms with Crippen molar-refractivity contribution in [2.75, 3.05) is 36.6 Å². The molecule has 1 unspecified atom stereocenters. The van der Waals surface area contributed by atoms with Gasteiger partial charge in [0.1, 0.15) is 0 Å². The highest BCUT2D eigenvalue weighted by atomic mass is 32.2. The molecule has 0 aliphatic carbocycles. The van der Waals surface area contributed by atoms with E-state index in [9.17, 15) is 0 Å². The third kappa shape index (κ3) is 2.59. The summed E-state index contributed by atoms with van der Waals surface area (Å²) in [6, 6.07) is 5.47. The maximum atomic E-state index is 5.79. The molecule has 0 saturated carbocycles. The van der Waals surface area contributed by atoms with E-state index in [1.165, 1.54) is 0 Å². The van der Waals surface area contributed by atoms with Gasteiger partial charge in [-0.05, 0) is 25.2 Å². The van der Waals surface area contributed by atoms with E-state index in [4.69, 9.17) is 16.0 Å².